The van der Waals surface area contributed by atoms with Crippen molar-refractivity contribution in [2.24, 2.45) is 0 Å². The summed E-state index contributed by atoms with van der Waals surface area (Å²) < 4.78 is 5.05. The molecule has 0 aromatic heterocycles. The van der Waals surface area contributed by atoms with Gasteiger partial charge in [0.25, 0.3) is 11.6 Å². The fourth-order valence-corrected chi connectivity index (χ4v) is 1.69. The van der Waals surface area contributed by atoms with E-state index in [1.54, 1.807) is 6.92 Å². The normalized spacial score (nSPS) is 12.4. The maximum atomic E-state index is 12.0. The number of nitro groups is 1. The van der Waals surface area contributed by atoms with Crippen molar-refractivity contribution >= 4 is 17.6 Å². The van der Waals surface area contributed by atoms with Gasteiger partial charge in [-0.1, -0.05) is 6.07 Å². The van der Waals surface area contributed by atoms with Gasteiger partial charge in [-0.2, -0.15) is 0 Å². The van der Waals surface area contributed by atoms with Crippen LogP contribution < -0.4 is 5.32 Å². The summed E-state index contributed by atoms with van der Waals surface area (Å²) in [5.74, 6) is -1.21. The highest BCUT2D eigenvalue weighted by Crippen LogP contribution is 2.20. The van der Waals surface area contributed by atoms with E-state index in [1.165, 1.54) is 19.1 Å². The van der Waals surface area contributed by atoms with E-state index in [-0.39, 0.29) is 11.3 Å². The van der Waals surface area contributed by atoms with Gasteiger partial charge in [-0.25, -0.2) is 4.79 Å². The van der Waals surface area contributed by atoms with Crippen LogP contribution in [0, 0.1) is 17.0 Å². The molecule has 0 radical (unpaired) electrons. The van der Waals surface area contributed by atoms with E-state index in [9.17, 15) is 19.7 Å². The summed E-state index contributed by atoms with van der Waals surface area (Å²) in [6, 6.07) is 4.04. The lowest BCUT2D eigenvalue weighted by Crippen LogP contribution is -2.46. The van der Waals surface area contributed by atoms with Crippen LogP contribution in [0.5, 0.6) is 0 Å². The van der Waals surface area contributed by atoms with Crippen LogP contribution in [0.2, 0.25) is 0 Å². The minimum atomic E-state index is -0.993. The summed E-state index contributed by atoms with van der Waals surface area (Å²) in [5, 5.41) is 13.6. The van der Waals surface area contributed by atoms with Crippen molar-refractivity contribution in [1.29, 1.82) is 0 Å². The van der Waals surface area contributed by atoms with E-state index in [2.05, 4.69) is 5.32 Å². The number of amides is 1. The summed E-state index contributed by atoms with van der Waals surface area (Å²) in [4.78, 5) is 34.2. The van der Waals surface area contributed by atoms with Crippen LogP contribution in [-0.4, -0.2) is 28.4 Å². The minimum Gasteiger partial charge on any atom is -0.449 e. The summed E-state index contributed by atoms with van der Waals surface area (Å²) in [6.45, 7) is 8.45. The average Bonchev–Trinajstić information content (AvgIpc) is 2.36. The smallest absolute Gasteiger partial charge is 0.339 e. The lowest BCUT2D eigenvalue weighted by Gasteiger charge is -2.23. The Labute approximate surface area is 128 Å². The summed E-state index contributed by atoms with van der Waals surface area (Å²) in [6.07, 6.45) is -0.993. The van der Waals surface area contributed by atoms with Gasteiger partial charge in [-0.3, -0.25) is 14.9 Å². The van der Waals surface area contributed by atoms with Crippen LogP contribution in [0.25, 0.3) is 0 Å². The zero-order chi connectivity index (χ0) is 17.1. The number of benzene rings is 1. The third-order valence-electron chi connectivity index (χ3n) is 2.79. The van der Waals surface area contributed by atoms with Crippen molar-refractivity contribution in [2.45, 2.75) is 46.3 Å². The van der Waals surface area contributed by atoms with Crippen LogP contribution in [0.3, 0.4) is 0 Å². The van der Waals surface area contributed by atoms with Gasteiger partial charge in [-0.05, 0) is 40.7 Å². The summed E-state index contributed by atoms with van der Waals surface area (Å²) >= 11 is 0. The number of hydrogen-bond donors (Lipinski definition) is 1. The molecule has 0 heterocycles. The van der Waals surface area contributed by atoms with Gasteiger partial charge in [-0.15, -0.1) is 0 Å². The number of hydrogen-bond acceptors (Lipinski definition) is 5. The Kier molecular flexibility index (Phi) is 5.24. The largest absolute Gasteiger partial charge is 0.449 e. The van der Waals surface area contributed by atoms with Crippen molar-refractivity contribution in [2.75, 3.05) is 0 Å². The molecular formula is C15H20N2O5. The molecule has 7 heteroatoms. The first kappa shape index (κ1) is 17.6. The molecular weight excluding hydrogens is 288 g/mol. The molecule has 0 fully saturated rings. The number of nitrogens with zero attached hydrogens (tertiary/aromatic N) is 1. The monoisotopic (exact) mass is 308 g/mol. The fourth-order valence-electron chi connectivity index (χ4n) is 1.69. The lowest BCUT2D eigenvalue weighted by molar-refractivity contribution is -0.385. The van der Waals surface area contributed by atoms with E-state index < -0.39 is 28.4 Å². The molecule has 0 aliphatic carbocycles. The number of esters is 1. The average molecular weight is 308 g/mol. The summed E-state index contributed by atoms with van der Waals surface area (Å²) in [5.41, 5.74) is -0.130. The number of ether oxygens (including phenoxy) is 1. The molecule has 1 aromatic rings. The van der Waals surface area contributed by atoms with Crippen LogP contribution in [-0.2, 0) is 9.53 Å². The van der Waals surface area contributed by atoms with E-state index in [0.717, 1.165) is 6.07 Å². The lowest BCUT2D eigenvalue weighted by atomic mass is 10.1. The fraction of sp³-hybridized carbons (Fsp3) is 0.467. The Morgan fingerprint density at radius 3 is 2.41 bits per heavy atom. The highest BCUT2D eigenvalue weighted by molar-refractivity contribution is 5.93. The number of aryl methyl sites for hydroxylation is 1. The zero-order valence-corrected chi connectivity index (χ0v) is 13.3. The molecule has 1 aromatic carbocycles. The van der Waals surface area contributed by atoms with Gasteiger partial charge >= 0.3 is 5.97 Å². The van der Waals surface area contributed by atoms with E-state index in [0.29, 0.717) is 5.56 Å². The van der Waals surface area contributed by atoms with Gasteiger partial charge in [0.05, 0.1) is 10.5 Å². The van der Waals surface area contributed by atoms with Crippen LogP contribution in [0.4, 0.5) is 5.69 Å². The van der Waals surface area contributed by atoms with Gasteiger partial charge in [0, 0.05) is 17.2 Å². The number of nitro benzene ring substituents is 1. The highest BCUT2D eigenvalue weighted by atomic mass is 16.6. The van der Waals surface area contributed by atoms with E-state index >= 15 is 0 Å². The first-order valence-electron chi connectivity index (χ1n) is 6.79. The third-order valence-corrected chi connectivity index (χ3v) is 2.79. The topological polar surface area (TPSA) is 98.5 Å². The van der Waals surface area contributed by atoms with Crippen molar-refractivity contribution in [3.63, 3.8) is 0 Å². The molecule has 7 nitrogen and oxygen atoms in total. The SMILES string of the molecule is Cc1ccc(C(=O)O[C@@H](C)C(=O)NC(C)(C)C)cc1[N+](=O)[O-]. The molecule has 0 aliphatic heterocycles. The maximum absolute atomic E-state index is 12.0. The quantitative estimate of drug-likeness (QED) is 0.523. The van der Waals surface area contributed by atoms with E-state index in [1.807, 2.05) is 20.8 Å². The maximum Gasteiger partial charge on any atom is 0.339 e. The molecule has 120 valence electrons. The molecule has 0 aliphatic rings. The standard InChI is InChI=1S/C15H20N2O5/c1-9-6-7-11(8-12(9)17(20)21)14(19)22-10(2)13(18)16-15(3,4)5/h6-8,10H,1-5H3,(H,16,18)/t10-/m0/s1. The van der Waals surface area contributed by atoms with Crippen molar-refractivity contribution in [3.8, 4) is 0 Å². The van der Waals surface area contributed by atoms with Crippen molar-refractivity contribution in [3.05, 3.63) is 39.4 Å². The van der Waals surface area contributed by atoms with Crippen molar-refractivity contribution in [1.82, 2.24) is 5.32 Å². The Hall–Kier alpha value is -2.44. The van der Waals surface area contributed by atoms with Gasteiger partial charge in [0.2, 0.25) is 0 Å². The van der Waals surface area contributed by atoms with Gasteiger partial charge in [0.15, 0.2) is 6.10 Å². The third kappa shape index (κ3) is 4.83. The number of carbonyl (C=O) groups excluding carboxylic acids is 2. The Morgan fingerprint density at radius 1 is 1.32 bits per heavy atom. The minimum absolute atomic E-state index is 0.0349. The van der Waals surface area contributed by atoms with E-state index in [4.69, 9.17) is 4.74 Å². The molecule has 0 saturated heterocycles. The number of rotatable bonds is 4. The molecule has 22 heavy (non-hydrogen) atoms. The molecule has 0 spiro atoms. The predicted octanol–water partition coefficient (Wildman–Crippen LogP) is 2.36. The number of nitrogens with one attached hydrogen (secondary N) is 1. The molecule has 0 saturated carbocycles. The van der Waals surface area contributed by atoms with Crippen LogP contribution >= 0.6 is 0 Å². The first-order valence-corrected chi connectivity index (χ1v) is 6.79. The second-order valence-electron chi connectivity index (χ2n) is 6.05. The summed E-state index contributed by atoms with van der Waals surface area (Å²) in [7, 11) is 0. The Balaban J connectivity index is 2.83. The Morgan fingerprint density at radius 2 is 1.91 bits per heavy atom. The van der Waals surface area contributed by atoms with Crippen LogP contribution in [0.1, 0.15) is 43.6 Å². The van der Waals surface area contributed by atoms with Crippen LogP contribution in [0.15, 0.2) is 18.2 Å². The number of carbonyl (C=O) groups is 2. The predicted molar refractivity (Wildman–Crippen MR) is 80.6 cm³/mol. The zero-order valence-electron chi connectivity index (χ0n) is 13.3. The molecule has 0 bridgehead atoms. The molecule has 1 atom stereocenters. The van der Waals surface area contributed by atoms with Gasteiger partial charge in [0.1, 0.15) is 0 Å². The molecule has 1 rings (SSSR count). The second-order valence-corrected chi connectivity index (χ2v) is 6.05. The highest BCUT2D eigenvalue weighted by Gasteiger charge is 2.24. The van der Waals surface area contributed by atoms with Gasteiger partial charge < -0.3 is 10.1 Å². The molecule has 0 unspecified atom stereocenters. The first-order chi connectivity index (χ1) is 10.0. The second kappa shape index (κ2) is 6.55. The van der Waals surface area contributed by atoms with Crippen molar-refractivity contribution < 1.29 is 19.2 Å². The Bertz CT molecular complexity index is 604. The molecule has 1 N–H and O–H groups in total. The molecule has 1 amide bonds.